The number of likely N-dealkylation sites (N-methyl/N-ethyl adjacent to an activating group) is 2. The highest BCUT2D eigenvalue weighted by molar-refractivity contribution is 14.1. The summed E-state index contributed by atoms with van der Waals surface area (Å²) in [6.45, 7) is 4.21. The van der Waals surface area contributed by atoms with Crippen molar-refractivity contribution >= 4 is 57.8 Å². The standard InChI is InChI=1S/C24H23IN2O4S/c1-5-6-17-11-16(12-19-22(28)26(2)24(32)27(3)23(19)29)13-20(30-4)21(17)31-14-15-7-9-18(25)10-8-15/h5,7-13H,1,6,14H2,2-4H3. The topological polar surface area (TPSA) is 59.1 Å². The highest BCUT2D eigenvalue weighted by atomic mass is 127. The van der Waals surface area contributed by atoms with E-state index in [-0.39, 0.29) is 10.7 Å². The van der Waals surface area contributed by atoms with Crippen LogP contribution in [0.15, 0.2) is 54.6 Å². The lowest BCUT2D eigenvalue weighted by Gasteiger charge is -2.31. The Morgan fingerprint density at radius 2 is 1.72 bits per heavy atom. The van der Waals surface area contributed by atoms with Crippen molar-refractivity contribution in [2.75, 3.05) is 21.2 Å². The zero-order valence-electron chi connectivity index (χ0n) is 18.1. The summed E-state index contributed by atoms with van der Waals surface area (Å²) in [5.74, 6) is 0.224. The van der Waals surface area contributed by atoms with Crippen LogP contribution in [0.3, 0.4) is 0 Å². The van der Waals surface area contributed by atoms with Gasteiger partial charge in [-0.15, -0.1) is 6.58 Å². The predicted octanol–water partition coefficient (Wildman–Crippen LogP) is 4.21. The third-order valence-corrected chi connectivity index (χ3v) is 6.26. The van der Waals surface area contributed by atoms with E-state index in [4.69, 9.17) is 21.7 Å². The van der Waals surface area contributed by atoms with Crippen molar-refractivity contribution < 1.29 is 19.1 Å². The molecule has 0 aliphatic carbocycles. The van der Waals surface area contributed by atoms with Gasteiger partial charge in [0.05, 0.1) is 7.11 Å². The van der Waals surface area contributed by atoms with Gasteiger partial charge in [0, 0.05) is 23.2 Å². The van der Waals surface area contributed by atoms with Crippen LogP contribution in [-0.4, -0.2) is 47.9 Å². The average Bonchev–Trinajstić information content (AvgIpc) is 2.79. The molecule has 166 valence electrons. The van der Waals surface area contributed by atoms with Gasteiger partial charge in [0.2, 0.25) is 0 Å². The van der Waals surface area contributed by atoms with Crippen molar-refractivity contribution in [2.45, 2.75) is 13.0 Å². The minimum Gasteiger partial charge on any atom is -0.493 e. The summed E-state index contributed by atoms with van der Waals surface area (Å²) in [7, 11) is 4.65. The van der Waals surface area contributed by atoms with Gasteiger partial charge >= 0.3 is 0 Å². The molecule has 32 heavy (non-hydrogen) atoms. The Hall–Kier alpha value is -2.72. The van der Waals surface area contributed by atoms with E-state index in [9.17, 15) is 9.59 Å². The molecule has 0 spiro atoms. The second-order valence-corrected chi connectivity index (χ2v) is 8.80. The Morgan fingerprint density at radius 1 is 1.09 bits per heavy atom. The largest absolute Gasteiger partial charge is 0.493 e. The number of nitrogens with zero attached hydrogens (tertiary/aromatic N) is 2. The van der Waals surface area contributed by atoms with Gasteiger partial charge in [0.1, 0.15) is 12.2 Å². The molecule has 1 fully saturated rings. The number of halogens is 1. The Kier molecular flexibility index (Phi) is 7.68. The molecule has 0 N–H and O–H groups in total. The van der Waals surface area contributed by atoms with E-state index in [0.29, 0.717) is 30.1 Å². The van der Waals surface area contributed by atoms with Gasteiger partial charge < -0.3 is 9.47 Å². The summed E-state index contributed by atoms with van der Waals surface area (Å²) in [6.07, 6.45) is 3.85. The van der Waals surface area contributed by atoms with E-state index in [2.05, 4.69) is 29.2 Å². The highest BCUT2D eigenvalue weighted by Gasteiger charge is 2.35. The van der Waals surface area contributed by atoms with E-state index in [1.165, 1.54) is 9.80 Å². The summed E-state index contributed by atoms with van der Waals surface area (Å²) in [6, 6.07) is 11.7. The molecule has 1 aliphatic heterocycles. The summed E-state index contributed by atoms with van der Waals surface area (Å²) >= 11 is 7.40. The number of amides is 2. The number of hydrogen-bond acceptors (Lipinski definition) is 5. The molecule has 0 bridgehead atoms. The van der Waals surface area contributed by atoms with Crippen LogP contribution in [0, 0.1) is 3.57 Å². The predicted molar refractivity (Wildman–Crippen MR) is 137 cm³/mol. The van der Waals surface area contributed by atoms with Crippen molar-refractivity contribution in [3.8, 4) is 11.5 Å². The van der Waals surface area contributed by atoms with Gasteiger partial charge in [-0.25, -0.2) is 0 Å². The second kappa shape index (κ2) is 10.3. The lowest BCUT2D eigenvalue weighted by Crippen LogP contribution is -2.52. The first-order chi connectivity index (χ1) is 15.3. The minimum absolute atomic E-state index is 0.0303. The second-order valence-electron chi connectivity index (χ2n) is 7.19. The van der Waals surface area contributed by atoms with Crippen LogP contribution in [-0.2, 0) is 22.6 Å². The van der Waals surface area contributed by atoms with E-state index in [0.717, 1.165) is 14.7 Å². The Bertz CT molecular complexity index is 1090. The number of carbonyl (C=O) groups excluding carboxylic acids is 2. The number of allylic oxidation sites excluding steroid dienone is 1. The van der Waals surface area contributed by atoms with Crippen LogP contribution >= 0.6 is 34.8 Å². The molecule has 0 aromatic heterocycles. The molecule has 6 nitrogen and oxygen atoms in total. The smallest absolute Gasteiger partial charge is 0.265 e. The SMILES string of the molecule is C=CCc1cc(C=C2C(=O)N(C)C(=S)N(C)C2=O)cc(OC)c1OCc1ccc(I)cc1. The molecule has 8 heteroatoms. The number of thiocarbonyl (C=S) groups is 1. The summed E-state index contributed by atoms with van der Waals surface area (Å²) in [5, 5.41) is 0.168. The Labute approximate surface area is 206 Å². The average molecular weight is 562 g/mol. The van der Waals surface area contributed by atoms with Crippen molar-refractivity contribution in [3.05, 3.63) is 74.9 Å². The molecular weight excluding hydrogens is 539 g/mol. The van der Waals surface area contributed by atoms with Crippen LogP contribution in [0.1, 0.15) is 16.7 Å². The number of methoxy groups -OCH3 is 1. The van der Waals surface area contributed by atoms with Crippen LogP contribution in [0.5, 0.6) is 11.5 Å². The van der Waals surface area contributed by atoms with Gasteiger partial charge in [-0.05, 0) is 82.7 Å². The molecule has 0 atom stereocenters. The van der Waals surface area contributed by atoms with Crippen LogP contribution < -0.4 is 9.47 Å². The third kappa shape index (κ3) is 5.02. The maximum atomic E-state index is 12.7. The monoisotopic (exact) mass is 562 g/mol. The molecule has 0 unspecified atom stereocenters. The molecule has 1 saturated heterocycles. The van der Waals surface area contributed by atoms with E-state index in [1.54, 1.807) is 39.4 Å². The quantitative estimate of drug-likeness (QED) is 0.167. The molecule has 2 aromatic carbocycles. The maximum absolute atomic E-state index is 12.7. The molecule has 0 radical (unpaired) electrons. The number of hydrogen-bond donors (Lipinski definition) is 0. The van der Waals surface area contributed by atoms with E-state index < -0.39 is 11.8 Å². The fraction of sp³-hybridized carbons (Fsp3) is 0.208. The maximum Gasteiger partial charge on any atom is 0.265 e. The summed E-state index contributed by atoms with van der Waals surface area (Å²) in [5.41, 5.74) is 2.54. The number of carbonyl (C=O) groups is 2. The molecule has 1 heterocycles. The Morgan fingerprint density at radius 3 is 2.28 bits per heavy atom. The lowest BCUT2D eigenvalue weighted by molar-refractivity contribution is -0.132. The molecule has 2 amide bonds. The Balaban J connectivity index is 1.98. The zero-order chi connectivity index (χ0) is 23.4. The summed E-state index contributed by atoms with van der Waals surface area (Å²) < 4.78 is 12.8. The number of ether oxygens (including phenoxy) is 2. The van der Waals surface area contributed by atoms with Crippen molar-refractivity contribution in [2.24, 2.45) is 0 Å². The fourth-order valence-corrected chi connectivity index (χ4v) is 3.79. The molecule has 0 saturated carbocycles. The van der Waals surface area contributed by atoms with Crippen LogP contribution in [0.4, 0.5) is 0 Å². The first-order valence-electron chi connectivity index (χ1n) is 9.77. The lowest BCUT2D eigenvalue weighted by atomic mass is 10.0. The van der Waals surface area contributed by atoms with Crippen molar-refractivity contribution in [1.82, 2.24) is 9.80 Å². The van der Waals surface area contributed by atoms with Crippen molar-refractivity contribution in [1.29, 1.82) is 0 Å². The van der Waals surface area contributed by atoms with E-state index >= 15 is 0 Å². The van der Waals surface area contributed by atoms with Gasteiger partial charge in [0.15, 0.2) is 16.6 Å². The number of rotatable bonds is 7. The summed E-state index contributed by atoms with van der Waals surface area (Å²) in [4.78, 5) is 27.9. The third-order valence-electron chi connectivity index (χ3n) is 4.99. The normalized spacial score (nSPS) is 14.0. The van der Waals surface area contributed by atoms with E-state index in [1.807, 2.05) is 30.3 Å². The van der Waals surface area contributed by atoms with Crippen LogP contribution in [0.2, 0.25) is 0 Å². The molecule has 3 rings (SSSR count). The molecule has 2 aromatic rings. The first-order valence-corrected chi connectivity index (χ1v) is 11.3. The minimum atomic E-state index is -0.443. The number of benzene rings is 2. The van der Waals surface area contributed by atoms with Crippen LogP contribution in [0.25, 0.3) is 6.08 Å². The highest BCUT2D eigenvalue weighted by Crippen LogP contribution is 2.35. The molecule has 1 aliphatic rings. The zero-order valence-corrected chi connectivity index (χ0v) is 21.0. The fourth-order valence-electron chi connectivity index (χ4n) is 3.27. The van der Waals surface area contributed by atoms with Crippen molar-refractivity contribution in [3.63, 3.8) is 0 Å². The first kappa shape index (κ1) is 23.9. The van der Waals surface area contributed by atoms with Gasteiger partial charge in [-0.2, -0.15) is 0 Å². The van der Waals surface area contributed by atoms with Gasteiger partial charge in [0.25, 0.3) is 11.8 Å². The molecular formula is C24H23IN2O4S. The van der Waals surface area contributed by atoms with Gasteiger partial charge in [-0.3, -0.25) is 19.4 Å². The van der Waals surface area contributed by atoms with Gasteiger partial charge in [-0.1, -0.05) is 18.2 Å².